The lowest BCUT2D eigenvalue weighted by Crippen LogP contribution is -2.38. The van der Waals surface area contributed by atoms with Gasteiger partial charge >= 0.3 is 0 Å². The fraction of sp³-hybridized carbons (Fsp3) is 0.588. The van der Waals surface area contributed by atoms with Crippen LogP contribution in [0, 0.1) is 5.92 Å². The summed E-state index contributed by atoms with van der Waals surface area (Å²) in [5.74, 6) is 1.38. The Morgan fingerprint density at radius 2 is 1.85 bits per heavy atom. The molecule has 0 aromatic heterocycles. The van der Waals surface area contributed by atoms with E-state index in [1.54, 1.807) is 0 Å². The van der Waals surface area contributed by atoms with E-state index in [0.29, 0.717) is 11.8 Å². The van der Waals surface area contributed by atoms with Gasteiger partial charge in [-0.05, 0) is 55.3 Å². The molecule has 0 atom stereocenters. The third-order valence-electron chi connectivity index (χ3n) is 4.30. The minimum Gasteiger partial charge on any atom is -0.339 e. The van der Waals surface area contributed by atoms with E-state index in [1.807, 2.05) is 17.0 Å². The number of piperidine rings is 1. The van der Waals surface area contributed by atoms with Crippen LogP contribution < -0.4 is 5.73 Å². The van der Waals surface area contributed by atoms with Crippen LogP contribution in [-0.2, 0) is 0 Å². The van der Waals surface area contributed by atoms with E-state index in [-0.39, 0.29) is 5.91 Å². The van der Waals surface area contributed by atoms with Crippen molar-refractivity contribution >= 4 is 5.91 Å². The summed E-state index contributed by atoms with van der Waals surface area (Å²) in [6.07, 6.45) is 3.27. The molecule has 1 fully saturated rings. The van der Waals surface area contributed by atoms with Crippen molar-refractivity contribution in [3.05, 3.63) is 35.4 Å². The van der Waals surface area contributed by atoms with Crippen LogP contribution in [0.3, 0.4) is 0 Å². The van der Waals surface area contributed by atoms with E-state index in [9.17, 15) is 4.79 Å². The molecule has 0 spiro atoms. The summed E-state index contributed by atoms with van der Waals surface area (Å²) in [4.78, 5) is 14.4. The van der Waals surface area contributed by atoms with E-state index in [4.69, 9.17) is 5.73 Å². The zero-order valence-electron chi connectivity index (χ0n) is 12.6. The molecule has 0 saturated carbocycles. The number of rotatable bonds is 4. The van der Waals surface area contributed by atoms with Crippen molar-refractivity contribution in [2.24, 2.45) is 11.7 Å². The molecule has 0 bridgehead atoms. The molecule has 3 heteroatoms. The maximum absolute atomic E-state index is 12.4. The Morgan fingerprint density at radius 1 is 1.25 bits per heavy atom. The molecule has 3 nitrogen and oxygen atoms in total. The molecule has 0 unspecified atom stereocenters. The molecule has 1 aliphatic heterocycles. The smallest absolute Gasteiger partial charge is 0.253 e. The minimum absolute atomic E-state index is 0.173. The molecule has 2 rings (SSSR count). The Kier molecular flexibility index (Phi) is 5.18. The van der Waals surface area contributed by atoms with Gasteiger partial charge in [0.25, 0.3) is 5.91 Å². The fourth-order valence-electron chi connectivity index (χ4n) is 2.85. The van der Waals surface area contributed by atoms with Crippen LogP contribution >= 0.6 is 0 Å². The number of likely N-dealkylation sites (tertiary alicyclic amines) is 1. The van der Waals surface area contributed by atoms with Gasteiger partial charge in [0.1, 0.15) is 0 Å². The molecule has 1 aliphatic rings. The first-order chi connectivity index (χ1) is 9.61. The van der Waals surface area contributed by atoms with Gasteiger partial charge in [0.15, 0.2) is 0 Å². The van der Waals surface area contributed by atoms with Crippen molar-refractivity contribution in [1.29, 1.82) is 0 Å². The first-order valence-electron chi connectivity index (χ1n) is 7.71. The van der Waals surface area contributed by atoms with Crippen LogP contribution in [0.15, 0.2) is 24.3 Å². The largest absolute Gasteiger partial charge is 0.339 e. The van der Waals surface area contributed by atoms with E-state index in [2.05, 4.69) is 26.0 Å². The molecular weight excluding hydrogens is 248 g/mol. The zero-order valence-corrected chi connectivity index (χ0v) is 12.6. The summed E-state index contributed by atoms with van der Waals surface area (Å²) >= 11 is 0. The monoisotopic (exact) mass is 274 g/mol. The summed E-state index contributed by atoms with van der Waals surface area (Å²) in [6.45, 7) is 6.83. The second-order valence-corrected chi connectivity index (χ2v) is 6.09. The lowest BCUT2D eigenvalue weighted by molar-refractivity contribution is 0.0688. The predicted octanol–water partition coefficient (Wildman–Crippen LogP) is 3.01. The van der Waals surface area contributed by atoms with Gasteiger partial charge in [-0.1, -0.05) is 26.0 Å². The van der Waals surface area contributed by atoms with E-state index < -0.39 is 0 Å². The van der Waals surface area contributed by atoms with Gasteiger partial charge < -0.3 is 10.6 Å². The topological polar surface area (TPSA) is 46.3 Å². The third-order valence-corrected chi connectivity index (χ3v) is 4.30. The SMILES string of the molecule is CC(C)c1ccc(C(=O)N2CCC(CCN)CC2)cc1. The Morgan fingerprint density at radius 3 is 2.35 bits per heavy atom. The fourth-order valence-corrected chi connectivity index (χ4v) is 2.85. The summed E-state index contributed by atoms with van der Waals surface area (Å²) in [5.41, 5.74) is 7.70. The maximum Gasteiger partial charge on any atom is 0.253 e. The van der Waals surface area contributed by atoms with Gasteiger partial charge in [-0.2, -0.15) is 0 Å². The van der Waals surface area contributed by atoms with Crippen molar-refractivity contribution in [1.82, 2.24) is 4.90 Å². The molecule has 110 valence electrons. The molecule has 1 aromatic rings. The third kappa shape index (κ3) is 3.60. The van der Waals surface area contributed by atoms with Crippen LogP contribution in [0.2, 0.25) is 0 Å². The Labute approximate surface area is 122 Å². The van der Waals surface area contributed by atoms with Crippen molar-refractivity contribution in [2.45, 2.75) is 39.0 Å². The van der Waals surface area contributed by atoms with Crippen molar-refractivity contribution in [2.75, 3.05) is 19.6 Å². The van der Waals surface area contributed by atoms with Gasteiger partial charge in [0.05, 0.1) is 0 Å². The second-order valence-electron chi connectivity index (χ2n) is 6.09. The predicted molar refractivity (Wildman–Crippen MR) is 82.8 cm³/mol. The first-order valence-corrected chi connectivity index (χ1v) is 7.71. The van der Waals surface area contributed by atoms with Crippen molar-refractivity contribution in [3.8, 4) is 0 Å². The van der Waals surface area contributed by atoms with Crippen LogP contribution in [0.5, 0.6) is 0 Å². The Balaban J connectivity index is 1.95. The van der Waals surface area contributed by atoms with Gasteiger partial charge in [0.2, 0.25) is 0 Å². The number of benzene rings is 1. The molecule has 1 saturated heterocycles. The molecule has 20 heavy (non-hydrogen) atoms. The quantitative estimate of drug-likeness (QED) is 0.917. The number of amides is 1. The zero-order chi connectivity index (χ0) is 14.5. The lowest BCUT2D eigenvalue weighted by atomic mass is 9.93. The number of carbonyl (C=O) groups is 1. The highest BCUT2D eigenvalue weighted by Crippen LogP contribution is 2.22. The van der Waals surface area contributed by atoms with Crippen LogP contribution in [-0.4, -0.2) is 30.4 Å². The van der Waals surface area contributed by atoms with E-state index in [1.165, 1.54) is 5.56 Å². The summed E-state index contributed by atoms with van der Waals surface area (Å²) in [5, 5.41) is 0. The highest BCUT2D eigenvalue weighted by molar-refractivity contribution is 5.94. The number of carbonyl (C=O) groups excluding carboxylic acids is 1. The number of hydrogen-bond donors (Lipinski definition) is 1. The molecule has 0 radical (unpaired) electrons. The molecule has 2 N–H and O–H groups in total. The molecule has 0 aliphatic carbocycles. The normalized spacial score (nSPS) is 16.7. The minimum atomic E-state index is 0.173. The van der Waals surface area contributed by atoms with Gasteiger partial charge in [-0.25, -0.2) is 0 Å². The number of nitrogens with two attached hydrogens (primary N) is 1. The van der Waals surface area contributed by atoms with Gasteiger partial charge in [-0.15, -0.1) is 0 Å². The average Bonchev–Trinajstić information content (AvgIpc) is 2.48. The molecule has 1 heterocycles. The van der Waals surface area contributed by atoms with E-state index >= 15 is 0 Å². The summed E-state index contributed by atoms with van der Waals surface area (Å²) in [7, 11) is 0. The van der Waals surface area contributed by atoms with Crippen LogP contribution in [0.25, 0.3) is 0 Å². The molecule has 1 aromatic carbocycles. The standard InChI is InChI=1S/C17H26N2O/c1-13(2)15-3-5-16(6-4-15)17(20)19-11-8-14(7-10-18)9-12-19/h3-6,13-14H,7-12,18H2,1-2H3. The summed E-state index contributed by atoms with van der Waals surface area (Å²) < 4.78 is 0. The van der Waals surface area contributed by atoms with Crippen LogP contribution in [0.4, 0.5) is 0 Å². The van der Waals surface area contributed by atoms with E-state index in [0.717, 1.165) is 44.5 Å². The van der Waals surface area contributed by atoms with Crippen molar-refractivity contribution in [3.63, 3.8) is 0 Å². The number of nitrogens with zero attached hydrogens (tertiary/aromatic N) is 1. The summed E-state index contributed by atoms with van der Waals surface area (Å²) in [6, 6.07) is 8.06. The Bertz CT molecular complexity index is 431. The van der Waals surface area contributed by atoms with Gasteiger partial charge in [-0.3, -0.25) is 4.79 Å². The Hall–Kier alpha value is -1.35. The van der Waals surface area contributed by atoms with Crippen molar-refractivity contribution < 1.29 is 4.79 Å². The van der Waals surface area contributed by atoms with Gasteiger partial charge in [0, 0.05) is 18.7 Å². The molecular formula is C17H26N2O. The van der Waals surface area contributed by atoms with Crippen LogP contribution in [0.1, 0.15) is 54.9 Å². The lowest BCUT2D eigenvalue weighted by Gasteiger charge is -2.32. The average molecular weight is 274 g/mol. The molecule has 1 amide bonds. The number of hydrogen-bond acceptors (Lipinski definition) is 2. The highest BCUT2D eigenvalue weighted by Gasteiger charge is 2.23. The highest BCUT2D eigenvalue weighted by atomic mass is 16.2. The maximum atomic E-state index is 12.4. The second kappa shape index (κ2) is 6.89. The first kappa shape index (κ1) is 15.0.